The molecule has 0 aliphatic carbocycles. The van der Waals surface area contributed by atoms with E-state index >= 15 is 0 Å². The lowest BCUT2D eigenvalue weighted by molar-refractivity contribution is -0.0162. The molecule has 24 heavy (non-hydrogen) atoms. The fourth-order valence-corrected chi connectivity index (χ4v) is 3.19. The first-order valence-electron chi connectivity index (χ1n) is 8.64. The third kappa shape index (κ3) is 3.93. The number of nitrogens with two attached hydrogens (primary N) is 1. The summed E-state index contributed by atoms with van der Waals surface area (Å²) >= 11 is 0. The first kappa shape index (κ1) is 16.9. The summed E-state index contributed by atoms with van der Waals surface area (Å²) in [5.74, 6) is 0. The highest BCUT2D eigenvalue weighted by molar-refractivity contribution is 5.69. The fourth-order valence-electron chi connectivity index (χ4n) is 3.19. The van der Waals surface area contributed by atoms with Gasteiger partial charge in [-0.05, 0) is 45.0 Å². The van der Waals surface area contributed by atoms with Gasteiger partial charge in [0, 0.05) is 56.7 Å². The summed E-state index contributed by atoms with van der Waals surface area (Å²) in [6.07, 6.45) is -0.195. The van der Waals surface area contributed by atoms with E-state index in [9.17, 15) is 4.79 Å². The number of piperazine rings is 1. The Bertz CT molecular complexity index is 568. The Labute approximate surface area is 144 Å². The Kier molecular flexibility index (Phi) is 4.58. The van der Waals surface area contributed by atoms with E-state index in [4.69, 9.17) is 10.5 Å². The Balaban J connectivity index is 1.44. The maximum atomic E-state index is 12.0. The largest absolute Gasteiger partial charge is 0.444 e. The van der Waals surface area contributed by atoms with Crippen LogP contribution in [0, 0.1) is 0 Å². The lowest BCUT2D eigenvalue weighted by atomic mass is 10.1. The molecule has 1 aromatic carbocycles. The number of carbonyl (C=O) groups excluding carboxylic acids is 1. The van der Waals surface area contributed by atoms with E-state index in [0.29, 0.717) is 6.04 Å². The first-order valence-corrected chi connectivity index (χ1v) is 8.64. The van der Waals surface area contributed by atoms with Crippen molar-refractivity contribution in [3.05, 3.63) is 24.3 Å². The Hall–Kier alpha value is -1.95. The minimum Gasteiger partial charge on any atom is -0.444 e. The van der Waals surface area contributed by atoms with E-state index in [-0.39, 0.29) is 6.09 Å². The number of ether oxygens (including phenoxy) is 1. The molecule has 6 heteroatoms. The number of carbonyl (C=O) groups is 1. The zero-order valence-electron chi connectivity index (χ0n) is 14.9. The summed E-state index contributed by atoms with van der Waals surface area (Å²) in [6, 6.07) is 8.53. The van der Waals surface area contributed by atoms with Gasteiger partial charge in [0.1, 0.15) is 5.60 Å². The molecule has 2 heterocycles. The molecule has 1 aromatic rings. The normalized spacial score (nSPS) is 20.0. The van der Waals surface area contributed by atoms with Crippen molar-refractivity contribution in [1.29, 1.82) is 0 Å². The highest BCUT2D eigenvalue weighted by Crippen LogP contribution is 2.23. The molecular formula is C18H28N4O2. The molecule has 1 amide bonds. The van der Waals surface area contributed by atoms with Gasteiger partial charge < -0.3 is 20.3 Å². The quantitative estimate of drug-likeness (QED) is 0.840. The number of nitrogens with zero attached hydrogens (tertiary/aromatic N) is 3. The summed E-state index contributed by atoms with van der Waals surface area (Å²) in [5.41, 5.74) is 7.36. The van der Waals surface area contributed by atoms with E-state index in [1.165, 1.54) is 5.69 Å². The third-order valence-corrected chi connectivity index (χ3v) is 4.60. The van der Waals surface area contributed by atoms with E-state index in [2.05, 4.69) is 21.9 Å². The predicted octanol–water partition coefficient (Wildman–Crippen LogP) is 2.01. The molecule has 0 saturated carbocycles. The summed E-state index contributed by atoms with van der Waals surface area (Å²) in [5, 5.41) is 0. The Morgan fingerprint density at radius 2 is 1.67 bits per heavy atom. The van der Waals surface area contributed by atoms with Crippen LogP contribution in [0.4, 0.5) is 16.2 Å². The van der Waals surface area contributed by atoms with Crippen LogP contribution in [-0.4, -0.2) is 66.8 Å². The molecule has 2 saturated heterocycles. The van der Waals surface area contributed by atoms with Crippen LogP contribution in [0.25, 0.3) is 0 Å². The molecule has 2 aliphatic heterocycles. The van der Waals surface area contributed by atoms with Crippen LogP contribution in [0.5, 0.6) is 0 Å². The molecule has 6 nitrogen and oxygen atoms in total. The van der Waals surface area contributed by atoms with Crippen molar-refractivity contribution in [1.82, 2.24) is 9.80 Å². The SMILES string of the molecule is CC(C)(C)OC(=O)N1CC(N2CCN(c3ccc(N)cc3)CC2)C1. The number of rotatable bonds is 2. The molecule has 0 radical (unpaired) electrons. The topological polar surface area (TPSA) is 62.0 Å². The van der Waals surface area contributed by atoms with Crippen LogP contribution in [0.15, 0.2) is 24.3 Å². The van der Waals surface area contributed by atoms with E-state index < -0.39 is 5.60 Å². The van der Waals surface area contributed by atoms with Crippen LogP contribution < -0.4 is 10.6 Å². The zero-order valence-corrected chi connectivity index (χ0v) is 14.9. The van der Waals surface area contributed by atoms with Crippen molar-refractivity contribution >= 4 is 17.5 Å². The highest BCUT2D eigenvalue weighted by atomic mass is 16.6. The minimum atomic E-state index is -0.424. The van der Waals surface area contributed by atoms with Gasteiger partial charge in [-0.15, -0.1) is 0 Å². The standard InChI is InChI=1S/C18H28N4O2/c1-18(2,3)24-17(23)22-12-16(13-22)21-10-8-20(9-11-21)15-6-4-14(19)5-7-15/h4-7,16H,8-13,19H2,1-3H3. The molecular weight excluding hydrogens is 304 g/mol. The second-order valence-electron chi connectivity index (χ2n) is 7.65. The van der Waals surface area contributed by atoms with Crippen LogP contribution in [-0.2, 0) is 4.74 Å². The summed E-state index contributed by atoms with van der Waals surface area (Å²) in [6.45, 7) is 11.3. The molecule has 0 unspecified atom stereocenters. The van der Waals surface area contributed by atoms with Crippen LogP contribution in [0.2, 0.25) is 0 Å². The second-order valence-corrected chi connectivity index (χ2v) is 7.65. The number of anilines is 2. The van der Waals surface area contributed by atoms with Gasteiger partial charge in [0.05, 0.1) is 0 Å². The van der Waals surface area contributed by atoms with Gasteiger partial charge in [-0.25, -0.2) is 4.79 Å². The monoisotopic (exact) mass is 332 g/mol. The van der Waals surface area contributed by atoms with Crippen LogP contribution in [0.3, 0.4) is 0 Å². The van der Waals surface area contributed by atoms with Gasteiger partial charge in [-0.3, -0.25) is 4.90 Å². The average molecular weight is 332 g/mol. The summed E-state index contributed by atoms with van der Waals surface area (Å²) in [7, 11) is 0. The van der Waals surface area contributed by atoms with E-state index in [1.807, 2.05) is 32.9 Å². The van der Waals surface area contributed by atoms with Crippen LogP contribution in [0.1, 0.15) is 20.8 Å². The molecule has 0 bridgehead atoms. The molecule has 2 fully saturated rings. The first-order chi connectivity index (χ1) is 11.3. The van der Waals surface area contributed by atoms with Crippen molar-refractivity contribution in [3.8, 4) is 0 Å². The Morgan fingerprint density at radius 1 is 1.08 bits per heavy atom. The lowest BCUT2D eigenvalue weighted by Crippen LogP contribution is -2.64. The van der Waals surface area contributed by atoms with Crippen molar-refractivity contribution < 1.29 is 9.53 Å². The number of hydrogen-bond acceptors (Lipinski definition) is 5. The Morgan fingerprint density at radius 3 is 2.21 bits per heavy atom. The molecule has 0 atom stereocenters. The molecule has 0 spiro atoms. The maximum Gasteiger partial charge on any atom is 0.410 e. The maximum absolute atomic E-state index is 12.0. The van der Waals surface area contributed by atoms with Crippen molar-refractivity contribution in [2.45, 2.75) is 32.4 Å². The predicted molar refractivity (Wildman–Crippen MR) is 96.2 cm³/mol. The van der Waals surface area contributed by atoms with Gasteiger partial charge >= 0.3 is 6.09 Å². The second kappa shape index (κ2) is 6.51. The van der Waals surface area contributed by atoms with Crippen LogP contribution >= 0.6 is 0 Å². The minimum absolute atomic E-state index is 0.195. The lowest BCUT2D eigenvalue weighted by Gasteiger charge is -2.48. The van der Waals surface area contributed by atoms with E-state index in [0.717, 1.165) is 45.0 Å². The third-order valence-electron chi connectivity index (χ3n) is 4.60. The van der Waals surface area contributed by atoms with Gasteiger partial charge in [0.25, 0.3) is 0 Å². The van der Waals surface area contributed by atoms with Gasteiger partial charge in [-0.1, -0.05) is 0 Å². The zero-order chi connectivity index (χ0) is 17.3. The van der Waals surface area contributed by atoms with Crippen molar-refractivity contribution in [2.75, 3.05) is 49.9 Å². The number of amides is 1. The number of nitrogen functional groups attached to an aromatic ring is 1. The molecule has 132 valence electrons. The number of benzene rings is 1. The smallest absolute Gasteiger partial charge is 0.410 e. The molecule has 2 aliphatic rings. The van der Waals surface area contributed by atoms with Crippen molar-refractivity contribution in [2.24, 2.45) is 0 Å². The number of hydrogen-bond donors (Lipinski definition) is 1. The fraction of sp³-hybridized carbons (Fsp3) is 0.611. The van der Waals surface area contributed by atoms with Gasteiger partial charge in [0.2, 0.25) is 0 Å². The van der Waals surface area contributed by atoms with E-state index in [1.54, 1.807) is 4.90 Å². The summed E-state index contributed by atoms with van der Waals surface area (Å²) in [4.78, 5) is 18.7. The summed E-state index contributed by atoms with van der Waals surface area (Å²) < 4.78 is 5.41. The molecule has 2 N–H and O–H groups in total. The molecule has 3 rings (SSSR count). The van der Waals surface area contributed by atoms with Gasteiger partial charge in [-0.2, -0.15) is 0 Å². The highest BCUT2D eigenvalue weighted by Gasteiger charge is 2.37. The average Bonchev–Trinajstić information content (AvgIpc) is 2.45. The number of likely N-dealkylation sites (tertiary alicyclic amines) is 1. The van der Waals surface area contributed by atoms with Gasteiger partial charge in [0.15, 0.2) is 0 Å². The van der Waals surface area contributed by atoms with Crippen molar-refractivity contribution in [3.63, 3.8) is 0 Å². The molecule has 0 aromatic heterocycles.